The van der Waals surface area contributed by atoms with Gasteiger partial charge in [-0.05, 0) is 18.6 Å². The Morgan fingerprint density at radius 3 is 2.52 bits per heavy atom. The predicted molar refractivity (Wildman–Crippen MR) is 91.7 cm³/mol. The third-order valence-electron chi connectivity index (χ3n) is 3.76. The second-order valence-corrected chi connectivity index (χ2v) is 10.3. The van der Waals surface area contributed by atoms with Crippen molar-refractivity contribution in [1.82, 2.24) is 5.32 Å². The minimum Gasteiger partial charge on any atom is -0.320 e. The molecule has 0 aliphatic carbocycles. The van der Waals surface area contributed by atoms with Crippen LogP contribution in [0, 0.1) is 6.92 Å². The Bertz CT molecular complexity index is 689. The summed E-state index contributed by atoms with van der Waals surface area (Å²) in [7, 11) is -3.05. The molecule has 3 N–H and O–H groups in total. The van der Waals surface area contributed by atoms with Crippen LogP contribution in [0.3, 0.4) is 0 Å². The molecule has 1 aliphatic rings. The monoisotopic (exact) mass is 399 g/mol. The molecule has 5 nitrogen and oxygen atoms in total. The van der Waals surface area contributed by atoms with E-state index in [2.05, 4.69) is 5.32 Å². The van der Waals surface area contributed by atoms with Gasteiger partial charge >= 0.3 is 0 Å². The van der Waals surface area contributed by atoms with E-state index in [-0.39, 0.29) is 23.5 Å². The molecule has 128 valence electrons. The molecule has 1 aromatic rings. The first-order valence-electron chi connectivity index (χ1n) is 7.07. The molecule has 0 unspecified atom stereocenters. The maximum absolute atomic E-state index is 12.4. The van der Waals surface area contributed by atoms with E-state index >= 15 is 0 Å². The maximum Gasteiger partial charge on any atom is 0.262 e. The van der Waals surface area contributed by atoms with Crippen LogP contribution in [0.5, 0.6) is 0 Å². The molecule has 0 saturated carbocycles. The third kappa shape index (κ3) is 5.22. The van der Waals surface area contributed by atoms with Gasteiger partial charge in [-0.15, -0.1) is 0 Å². The number of halogens is 3. The van der Waals surface area contributed by atoms with E-state index in [1.165, 1.54) is 0 Å². The Balaban J connectivity index is 2.11. The zero-order valence-corrected chi connectivity index (χ0v) is 15.5. The van der Waals surface area contributed by atoms with E-state index in [4.69, 9.17) is 34.8 Å². The number of carbonyl (C=O) groups excluding carboxylic acids is 1. The summed E-state index contributed by atoms with van der Waals surface area (Å²) >= 11 is 17.9. The second-order valence-electron chi connectivity index (χ2n) is 5.66. The van der Waals surface area contributed by atoms with Crippen molar-refractivity contribution in [2.24, 2.45) is 0 Å². The van der Waals surface area contributed by atoms with Crippen molar-refractivity contribution in [1.29, 1.82) is 0 Å². The second kappa shape index (κ2) is 7.15. The molecule has 2 atom stereocenters. The number of benzene rings is 1. The van der Waals surface area contributed by atoms with Gasteiger partial charge < -0.3 is 5.32 Å². The average Bonchev–Trinajstić information content (AvgIpc) is 2.76. The van der Waals surface area contributed by atoms with Crippen LogP contribution in [0.4, 0.5) is 0 Å². The zero-order valence-electron chi connectivity index (χ0n) is 12.4. The molecule has 1 fully saturated rings. The molecule has 0 aromatic heterocycles. The van der Waals surface area contributed by atoms with Crippen LogP contribution < -0.4 is 10.6 Å². The van der Waals surface area contributed by atoms with E-state index < -0.39 is 19.8 Å². The van der Waals surface area contributed by atoms with Gasteiger partial charge in [0.05, 0.1) is 5.75 Å². The lowest BCUT2D eigenvalue weighted by atomic mass is 10.1. The van der Waals surface area contributed by atoms with Crippen molar-refractivity contribution in [3.05, 3.63) is 35.4 Å². The molecule has 1 aliphatic heterocycles. The first-order valence-corrected chi connectivity index (χ1v) is 10.0. The molecular formula is C14H18Cl3N2O3S+. The number of nitrogens with one attached hydrogen (secondary N) is 1. The van der Waals surface area contributed by atoms with Crippen LogP contribution in [-0.4, -0.2) is 41.8 Å². The number of rotatable bonds is 4. The summed E-state index contributed by atoms with van der Waals surface area (Å²) in [6, 6.07) is 6.83. The Labute approximate surface area is 150 Å². The number of nitrogens with two attached hydrogens (primary N) is 1. The highest BCUT2D eigenvalue weighted by Gasteiger charge is 2.42. The zero-order chi connectivity index (χ0) is 17.3. The van der Waals surface area contributed by atoms with Crippen LogP contribution in [0.1, 0.15) is 22.3 Å². The highest BCUT2D eigenvalue weighted by molar-refractivity contribution is 7.91. The lowest BCUT2D eigenvalue weighted by Crippen LogP contribution is -3.00. The summed E-state index contributed by atoms with van der Waals surface area (Å²) in [6.07, 6.45) is -0.405. The van der Waals surface area contributed by atoms with E-state index in [9.17, 15) is 13.2 Å². The first-order chi connectivity index (χ1) is 10.6. The van der Waals surface area contributed by atoms with Gasteiger partial charge in [-0.2, -0.15) is 0 Å². The Kier molecular flexibility index (Phi) is 5.85. The van der Waals surface area contributed by atoms with Crippen molar-refractivity contribution in [3.8, 4) is 0 Å². The largest absolute Gasteiger partial charge is 0.320 e. The predicted octanol–water partition coefficient (Wildman–Crippen LogP) is 1.17. The molecular weight excluding hydrogens is 383 g/mol. The van der Waals surface area contributed by atoms with Gasteiger partial charge in [-0.3, -0.25) is 10.1 Å². The van der Waals surface area contributed by atoms with Gasteiger partial charge in [0.15, 0.2) is 9.84 Å². The minimum atomic E-state index is -3.05. The van der Waals surface area contributed by atoms with Crippen LogP contribution in [0.15, 0.2) is 24.3 Å². The molecule has 1 amide bonds. The number of alkyl halides is 3. The van der Waals surface area contributed by atoms with Gasteiger partial charge in [0.2, 0.25) is 6.17 Å². The number of quaternary nitrogens is 1. The molecule has 9 heteroatoms. The van der Waals surface area contributed by atoms with Gasteiger partial charge in [0.25, 0.3) is 9.70 Å². The minimum absolute atomic E-state index is 0.0183. The highest BCUT2D eigenvalue weighted by atomic mass is 35.6. The fraction of sp³-hybridized carbons (Fsp3) is 0.500. The van der Waals surface area contributed by atoms with Crippen molar-refractivity contribution >= 4 is 50.5 Å². The van der Waals surface area contributed by atoms with E-state index in [1.54, 1.807) is 17.4 Å². The van der Waals surface area contributed by atoms with E-state index in [1.807, 2.05) is 19.1 Å². The molecule has 23 heavy (non-hydrogen) atoms. The van der Waals surface area contributed by atoms with Crippen LogP contribution in [-0.2, 0) is 9.84 Å². The highest BCUT2D eigenvalue weighted by Crippen LogP contribution is 2.28. The smallest absolute Gasteiger partial charge is 0.262 e. The third-order valence-corrected chi connectivity index (χ3v) is 6.26. The number of hydrogen-bond acceptors (Lipinski definition) is 3. The fourth-order valence-electron chi connectivity index (χ4n) is 2.53. The topological polar surface area (TPSA) is 79.8 Å². The van der Waals surface area contributed by atoms with E-state index in [0.717, 1.165) is 5.56 Å². The maximum atomic E-state index is 12.4. The lowest BCUT2D eigenvalue weighted by Gasteiger charge is -2.26. The standard InChI is InChI=1S/C14H17Cl3N2O3S/c1-9-4-2-3-5-11(9)12(20)19-13(14(15,16)17)18-10-6-7-23(21,22)8-10/h2-5,10,13,18H,6-8H2,1H3,(H,19,20)/p+1/t10-,13+/m0/s1. The summed E-state index contributed by atoms with van der Waals surface area (Å²) in [4.78, 5) is 12.4. The van der Waals surface area contributed by atoms with Crippen LogP contribution in [0.25, 0.3) is 0 Å². The summed E-state index contributed by atoms with van der Waals surface area (Å²) in [5, 5.41) is 4.30. The number of sulfone groups is 1. The summed E-state index contributed by atoms with van der Waals surface area (Å²) < 4.78 is 21.3. The van der Waals surface area contributed by atoms with Crippen LogP contribution in [0.2, 0.25) is 0 Å². The first kappa shape index (κ1) is 18.8. The molecule has 0 radical (unpaired) electrons. The van der Waals surface area contributed by atoms with Gasteiger partial charge in [-0.1, -0.05) is 53.0 Å². The summed E-state index contributed by atoms with van der Waals surface area (Å²) in [5.74, 6) is -0.228. The Hall–Kier alpha value is -0.530. The van der Waals surface area contributed by atoms with Gasteiger partial charge in [0, 0.05) is 12.0 Å². The molecule has 1 heterocycles. The summed E-state index contributed by atoms with van der Waals surface area (Å²) in [5.41, 5.74) is 1.29. The Morgan fingerprint density at radius 1 is 1.35 bits per heavy atom. The number of amides is 1. The normalized spacial score (nSPS) is 21.8. The van der Waals surface area contributed by atoms with Gasteiger partial charge in [0.1, 0.15) is 11.8 Å². The molecule has 0 bridgehead atoms. The number of carbonyl (C=O) groups is 1. The van der Waals surface area contributed by atoms with Crippen molar-refractivity contribution in [3.63, 3.8) is 0 Å². The molecule has 2 rings (SSSR count). The molecule has 1 saturated heterocycles. The fourth-order valence-corrected chi connectivity index (χ4v) is 4.67. The number of aryl methyl sites for hydroxylation is 1. The summed E-state index contributed by atoms with van der Waals surface area (Å²) in [6.45, 7) is 1.81. The lowest BCUT2D eigenvalue weighted by molar-refractivity contribution is -0.719. The SMILES string of the molecule is Cc1ccccc1C(=O)N[C@@H]([NH2+][C@H]1CCS(=O)(=O)C1)C(Cl)(Cl)Cl. The van der Waals surface area contributed by atoms with Crippen molar-refractivity contribution in [2.45, 2.75) is 29.3 Å². The number of hydrogen-bond donors (Lipinski definition) is 2. The Morgan fingerprint density at radius 2 is 2.00 bits per heavy atom. The molecule has 0 spiro atoms. The van der Waals surface area contributed by atoms with Gasteiger partial charge in [-0.25, -0.2) is 8.42 Å². The van der Waals surface area contributed by atoms with E-state index in [0.29, 0.717) is 12.0 Å². The molecule has 1 aromatic carbocycles. The van der Waals surface area contributed by atoms with Crippen molar-refractivity contribution < 1.29 is 18.5 Å². The van der Waals surface area contributed by atoms with Crippen molar-refractivity contribution in [2.75, 3.05) is 11.5 Å². The van der Waals surface area contributed by atoms with Crippen LogP contribution >= 0.6 is 34.8 Å². The average molecular weight is 401 g/mol. The quantitative estimate of drug-likeness (QED) is 0.588.